The van der Waals surface area contributed by atoms with Crippen molar-refractivity contribution in [3.05, 3.63) is 72.2 Å². The van der Waals surface area contributed by atoms with Crippen LogP contribution in [0.3, 0.4) is 0 Å². The summed E-state index contributed by atoms with van der Waals surface area (Å²) < 4.78 is 31.7. The number of anilines is 2. The second-order valence-corrected chi connectivity index (χ2v) is 12.3. The number of nitrogens with zero attached hydrogens (tertiary/aromatic N) is 7. The van der Waals surface area contributed by atoms with Crippen molar-refractivity contribution in [1.29, 1.82) is 0 Å². The molecule has 5 aromatic rings. The van der Waals surface area contributed by atoms with Gasteiger partial charge in [0.25, 0.3) is 10.2 Å². The summed E-state index contributed by atoms with van der Waals surface area (Å²) in [6, 6.07) is 18.2. The molecule has 6 rings (SSSR count). The molecule has 0 unspecified atom stereocenters. The molecule has 0 aliphatic carbocycles. The lowest BCUT2D eigenvalue weighted by Gasteiger charge is -2.32. The van der Waals surface area contributed by atoms with Crippen molar-refractivity contribution in [3.8, 4) is 11.1 Å². The summed E-state index contributed by atoms with van der Waals surface area (Å²) in [4.78, 5) is 4.26. The first-order chi connectivity index (χ1) is 18.7. The molecule has 12 heteroatoms. The standard InChI is InChI=1S/C27H31N9O2S/c1-33(2)39(37,38)34-12-10-19(11-13-34)24-15-22(25-26(28)30-17-31-36(24)25)20-8-9-21-23(14-20)32-35(27(21)29)16-18-6-4-3-5-7-18/h3-9,14-15,17,19H,10-13,16,29H2,1-2H3,(H2,28,30,31). The third kappa shape index (κ3) is 4.40. The highest BCUT2D eigenvalue weighted by molar-refractivity contribution is 7.86. The van der Waals surface area contributed by atoms with E-state index in [1.807, 2.05) is 45.6 Å². The van der Waals surface area contributed by atoms with E-state index >= 15 is 0 Å². The Balaban J connectivity index is 1.36. The van der Waals surface area contributed by atoms with Crippen LogP contribution in [0.2, 0.25) is 0 Å². The predicted octanol–water partition coefficient (Wildman–Crippen LogP) is 2.94. The first-order valence-corrected chi connectivity index (χ1v) is 14.2. The number of nitrogens with two attached hydrogens (primary N) is 2. The molecule has 3 aromatic heterocycles. The van der Waals surface area contributed by atoms with E-state index in [9.17, 15) is 8.42 Å². The summed E-state index contributed by atoms with van der Waals surface area (Å²) in [6.07, 6.45) is 2.82. The molecule has 1 saturated heterocycles. The van der Waals surface area contributed by atoms with Crippen LogP contribution in [0, 0.1) is 0 Å². The van der Waals surface area contributed by atoms with Gasteiger partial charge in [0.2, 0.25) is 0 Å². The number of benzene rings is 2. The fourth-order valence-corrected chi connectivity index (χ4v) is 6.55. The van der Waals surface area contributed by atoms with Gasteiger partial charge in [-0.3, -0.25) is 0 Å². The van der Waals surface area contributed by atoms with E-state index in [-0.39, 0.29) is 5.92 Å². The number of hydrogen-bond donors (Lipinski definition) is 2. The van der Waals surface area contributed by atoms with Crippen LogP contribution >= 0.6 is 0 Å². The number of nitrogen functional groups attached to an aromatic ring is 2. The van der Waals surface area contributed by atoms with Gasteiger partial charge in [-0.2, -0.15) is 27.2 Å². The van der Waals surface area contributed by atoms with E-state index in [1.54, 1.807) is 14.1 Å². The van der Waals surface area contributed by atoms with Crippen LogP contribution in [0.1, 0.15) is 30.0 Å². The van der Waals surface area contributed by atoms with Crippen molar-refractivity contribution < 1.29 is 8.42 Å². The van der Waals surface area contributed by atoms with E-state index in [0.717, 1.165) is 38.8 Å². The van der Waals surface area contributed by atoms with Crippen molar-refractivity contribution in [1.82, 2.24) is 33.0 Å². The highest BCUT2D eigenvalue weighted by atomic mass is 32.2. The van der Waals surface area contributed by atoms with E-state index in [0.29, 0.717) is 44.1 Å². The second kappa shape index (κ2) is 9.63. The Morgan fingerprint density at radius 1 is 1.03 bits per heavy atom. The molecule has 39 heavy (non-hydrogen) atoms. The Kier molecular flexibility index (Phi) is 6.25. The Hall–Kier alpha value is -4.00. The van der Waals surface area contributed by atoms with Gasteiger partial charge in [0.05, 0.1) is 12.1 Å². The Morgan fingerprint density at radius 2 is 1.77 bits per heavy atom. The molecule has 1 aliphatic rings. The van der Waals surface area contributed by atoms with E-state index in [4.69, 9.17) is 16.6 Å². The zero-order chi connectivity index (χ0) is 27.3. The van der Waals surface area contributed by atoms with Crippen molar-refractivity contribution >= 4 is 38.3 Å². The molecule has 202 valence electrons. The summed E-state index contributed by atoms with van der Waals surface area (Å²) >= 11 is 0. The van der Waals surface area contributed by atoms with Gasteiger partial charge in [-0.05, 0) is 42.2 Å². The Labute approximate surface area is 226 Å². The van der Waals surface area contributed by atoms with Crippen LogP contribution in [0.15, 0.2) is 60.9 Å². The maximum absolute atomic E-state index is 12.6. The second-order valence-electron chi connectivity index (χ2n) is 10.1. The van der Waals surface area contributed by atoms with E-state index in [1.165, 1.54) is 14.9 Å². The van der Waals surface area contributed by atoms with Gasteiger partial charge in [-0.1, -0.05) is 36.4 Å². The molecule has 0 saturated carbocycles. The molecule has 4 heterocycles. The molecule has 0 atom stereocenters. The fourth-order valence-electron chi connectivity index (χ4n) is 5.41. The topological polar surface area (TPSA) is 141 Å². The molecule has 0 radical (unpaired) electrons. The van der Waals surface area contributed by atoms with Gasteiger partial charge in [0.1, 0.15) is 17.7 Å². The van der Waals surface area contributed by atoms with Gasteiger partial charge in [-0.15, -0.1) is 0 Å². The lowest BCUT2D eigenvalue weighted by Crippen LogP contribution is -2.44. The minimum atomic E-state index is -3.44. The normalized spacial score (nSPS) is 15.6. The number of hydrogen-bond acceptors (Lipinski definition) is 7. The third-order valence-corrected chi connectivity index (χ3v) is 9.48. The van der Waals surface area contributed by atoms with Crippen molar-refractivity contribution in [2.45, 2.75) is 25.3 Å². The smallest absolute Gasteiger partial charge is 0.281 e. The maximum Gasteiger partial charge on any atom is 0.281 e. The lowest BCUT2D eigenvalue weighted by atomic mass is 9.94. The van der Waals surface area contributed by atoms with Crippen molar-refractivity contribution in [3.63, 3.8) is 0 Å². The zero-order valence-corrected chi connectivity index (χ0v) is 22.7. The maximum atomic E-state index is 12.6. The summed E-state index contributed by atoms with van der Waals surface area (Å²) in [7, 11) is -0.323. The lowest BCUT2D eigenvalue weighted by molar-refractivity contribution is 0.299. The SMILES string of the molecule is CN(C)S(=O)(=O)N1CCC(c2cc(-c3ccc4c(N)n(Cc5ccccc5)nc4c3)c3c(N)ncnn23)CC1. The molecule has 4 N–H and O–H groups in total. The molecule has 2 aromatic carbocycles. The average molecular weight is 546 g/mol. The monoisotopic (exact) mass is 545 g/mol. The minimum Gasteiger partial charge on any atom is -0.383 e. The number of aromatic nitrogens is 5. The largest absolute Gasteiger partial charge is 0.383 e. The van der Waals surface area contributed by atoms with Crippen LogP contribution in [0.25, 0.3) is 27.5 Å². The number of rotatable bonds is 6. The van der Waals surface area contributed by atoms with Crippen LogP contribution in [-0.4, -0.2) is 68.6 Å². The van der Waals surface area contributed by atoms with Crippen LogP contribution < -0.4 is 11.5 Å². The molecule has 1 aliphatic heterocycles. The molecular weight excluding hydrogens is 514 g/mol. The third-order valence-electron chi connectivity index (χ3n) is 7.54. The average Bonchev–Trinajstić information content (AvgIpc) is 3.48. The quantitative estimate of drug-likeness (QED) is 0.334. The van der Waals surface area contributed by atoms with Gasteiger partial charge in [0, 0.05) is 49.7 Å². The highest BCUT2D eigenvalue weighted by Crippen LogP contribution is 2.38. The van der Waals surface area contributed by atoms with E-state index < -0.39 is 10.2 Å². The first-order valence-electron chi connectivity index (χ1n) is 12.8. The predicted molar refractivity (Wildman–Crippen MR) is 152 cm³/mol. The minimum absolute atomic E-state index is 0.124. The summed E-state index contributed by atoms with van der Waals surface area (Å²) in [6.45, 7) is 1.47. The zero-order valence-electron chi connectivity index (χ0n) is 21.9. The van der Waals surface area contributed by atoms with Gasteiger partial charge in [-0.25, -0.2) is 14.2 Å². The fraction of sp³-hybridized carbons (Fsp3) is 0.296. The molecule has 0 spiro atoms. The molecule has 0 bridgehead atoms. The van der Waals surface area contributed by atoms with E-state index in [2.05, 4.69) is 28.3 Å². The highest BCUT2D eigenvalue weighted by Gasteiger charge is 2.32. The number of piperidine rings is 1. The number of fused-ring (bicyclic) bond motifs is 2. The molecule has 11 nitrogen and oxygen atoms in total. The summed E-state index contributed by atoms with van der Waals surface area (Å²) in [5.74, 6) is 1.12. The van der Waals surface area contributed by atoms with Gasteiger partial charge in [0.15, 0.2) is 5.82 Å². The van der Waals surface area contributed by atoms with Crippen LogP contribution in [0.4, 0.5) is 11.6 Å². The molecular formula is C27H31N9O2S. The first kappa shape index (κ1) is 25.3. The Morgan fingerprint density at radius 3 is 2.49 bits per heavy atom. The summed E-state index contributed by atoms with van der Waals surface area (Å²) in [5.41, 5.74) is 18.3. The van der Waals surface area contributed by atoms with Crippen molar-refractivity contribution in [2.75, 3.05) is 38.7 Å². The van der Waals surface area contributed by atoms with Crippen LogP contribution in [-0.2, 0) is 16.8 Å². The van der Waals surface area contributed by atoms with Gasteiger partial charge < -0.3 is 11.5 Å². The molecule has 0 amide bonds. The van der Waals surface area contributed by atoms with Gasteiger partial charge >= 0.3 is 0 Å². The Bertz CT molecular complexity index is 1770. The summed E-state index contributed by atoms with van der Waals surface area (Å²) in [5, 5.41) is 10.2. The molecule has 1 fully saturated rings. The van der Waals surface area contributed by atoms with Crippen molar-refractivity contribution in [2.24, 2.45) is 0 Å². The van der Waals surface area contributed by atoms with Crippen LogP contribution in [0.5, 0.6) is 0 Å².